The van der Waals surface area contributed by atoms with Crippen LogP contribution in [0.5, 0.6) is 23.1 Å². The molecule has 0 spiro atoms. The van der Waals surface area contributed by atoms with Crippen LogP contribution >= 0.6 is 0 Å². The summed E-state index contributed by atoms with van der Waals surface area (Å²) in [5.74, 6) is 1.13. The van der Waals surface area contributed by atoms with Crippen LogP contribution in [-0.2, 0) is 13.0 Å². The molecule has 0 aliphatic carbocycles. The molecule has 1 aromatic heterocycles. The first-order valence-corrected chi connectivity index (χ1v) is 8.84. The Bertz CT molecular complexity index is 1070. The largest absolute Gasteiger partial charge is 0.494 e. The fourth-order valence-electron chi connectivity index (χ4n) is 3.92. The van der Waals surface area contributed by atoms with Gasteiger partial charge in [0, 0.05) is 18.7 Å². The van der Waals surface area contributed by atoms with Crippen molar-refractivity contribution in [3.63, 3.8) is 0 Å². The second-order valence-corrected chi connectivity index (χ2v) is 6.75. The van der Waals surface area contributed by atoms with Gasteiger partial charge in [-0.05, 0) is 25.1 Å². The average Bonchev–Trinajstić information content (AvgIpc) is 3.13. The summed E-state index contributed by atoms with van der Waals surface area (Å²) in [7, 11) is 3.37. The predicted octanol–water partition coefficient (Wildman–Crippen LogP) is 0.743. The van der Waals surface area contributed by atoms with Crippen molar-refractivity contribution in [2.45, 2.75) is 19.0 Å². The molecule has 0 saturated heterocycles. The smallest absolute Gasteiger partial charge is 0.331 e. The van der Waals surface area contributed by atoms with Gasteiger partial charge < -0.3 is 19.3 Å². The molecule has 0 amide bonds. The number of aromatic hydroxyl groups is 1. The minimum absolute atomic E-state index is 0.0655. The average molecular weight is 387 g/mol. The standard InChI is InChI=1S/C19H21N3O6/c1-4-6-22-18(24)13(17(23)20-19(22)25)14-12-10(5-7-21(14)2)8-11-15(16(12)26-3)28-9-27-11/h4,8,14,24H,1,5-7,9H2,2-3H3,(H,20,23,25)/t14-/m1/s1. The number of nitrogens with one attached hydrogen (secondary N) is 1. The highest BCUT2D eigenvalue weighted by atomic mass is 16.7. The third kappa shape index (κ3) is 2.58. The number of H-pyrrole nitrogens is 1. The summed E-state index contributed by atoms with van der Waals surface area (Å²) in [5, 5.41) is 10.8. The lowest BCUT2D eigenvalue weighted by Gasteiger charge is -2.35. The topological polar surface area (TPSA) is 106 Å². The van der Waals surface area contributed by atoms with E-state index in [-0.39, 0.29) is 18.9 Å². The van der Waals surface area contributed by atoms with Crippen molar-refractivity contribution in [1.82, 2.24) is 14.5 Å². The highest BCUT2D eigenvalue weighted by Crippen LogP contribution is 2.51. The summed E-state index contributed by atoms with van der Waals surface area (Å²) in [5.41, 5.74) is 0.381. The molecule has 2 N–H and O–H groups in total. The van der Waals surface area contributed by atoms with E-state index in [4.69, 9.17) is 14.2 Å². The lowest BCUT2D eigenvalue weighted by Crippen LogP contribution is -2.40. The molecule has 0 bridgehead atoms. The fourth-order valence-corrected chi connectivity index (χ4v) is 3.92. The molecule has 9 heteroatoms. The number of likely N-dealkylation sites (N-methyl/N-ethyl adjacent to an activating group) is 1. The van der Waals surface area contributed by atoms with E-state index >= 15 is 0 Å². The zero-order valence-corrected chi connectivity index (χ0v) is 15.7. The van der Waals surface area contributed by atoms with E-state index in [0.29, 0.717) is 35.8 Å². The van der Waals surface area contributed by atoms with Crippen molar-refractivity contribution < 1.29 is 19.3 Å². The Kier molecular flexibility index (Phi) is 4.38. The number of hydrogen-bond donors (Lipinski definition) is 2. The number of methoxy groups -OCH3 is 1. The monoisotopic (exact) mass is 387 g/mol. The highest BCUT2D eigenvalue weighted by Gasteiger charge is 2.38. The molecule has 2 aromatic rings. The maximum atomic E-state index is 12.7. The molecule has 2 aliphatic rings. The number of nitrogens with zero attached hydrogens (tertiary/aromatic N) is 2. The highest BCUT2D eigenvalue weighted by molar-refractivity contribution is 5.63. The van der Waals surface area contributed by atoms with E-state index < -0.39 is 23.2 Å². The Morgan fingerprint density at radius 1 is 1.39 bits per heavy atom. The summed E-state index contributed by atoms with van der Waals surface area (Å²) >= 11 is 0. The normalized spacial score (nSPS) is 18.0. The first-order valence-electron chi connectivity index (χ1n) is 8.84. The van der Waals surface area contributed by atoms with Gasteiger partial charge in [-0.2, -0.15) is 0 Å². The molecule has 0 radical (unpaired) electrons. The summed E-state index contributed by atoms with van der Waals surface area (Å²) in [6, 6.07) is 1.25. The lowest BCUT2D eigenvalue weighted by atomic mass is 9.87. The Balaban J connectivity index is 2.01. The summed E-state index contributed by atoms with van der Waals surface area (Å²) in [6.45, 7) is 4.39. The van der Waals surface area contributed by atoms with Gasteiger partial charge in [0.05, 0.1) is 18.7 Å². The number of aromatic nitrogens is 2. The van der Waals surface area contributed by atoms with E-state index in [0.717, 1.165) is 10.1 Å². The van der Waals surface area contributed by atoms with Gasteiger partial charge in [0.15, 0.2) is 11.5 Å². The van der Waals surface area contributed by atoms with E-state index in [2.05, 4.69) is 11.6 Å². The van der Waals surface area contributed by atoms with Gasteiger partial charge >= 0.3 is 5.69 Å². The first-order chi connectivity index (χ1) is 13.5. The van der Waals surface area contributed by atoms with Crippen LogP contribution in [-0.4, -0.2) is 47.1 Å². The molecular weight excluding hydrogens is 366 g/mol. The van der Waals surface area contributed by atoms with Gasteiger partial charge in [-0.1, -0.05) is 6.08 Å². The van der Waals surface area contributed by atoms with Crippen LogP contribution in [0, 0.1) is 0 Å². The van der Waals surface area contributed by atoms with E-state index in [1.54, 1.807) is 0 Å². The van der Waals surface area contributed by atoms with Crippen molar-refractivity contribution in [2.75, 3.05) is 27.5 Å². The van der Waals surface area contributed by atoms with Gasteiger partial charge in [0.25, 0.3) is 5.56 Å². The Labute approximate surface area is 160 Å². The van der Waals surface area contributed by atoms with Crippen molar-refractivity contribution in [3.8, 4) is 23.1 Å². The molecule has 28 heavy (non-hydrogen) atoms. The van der Waals surface area contributed by atoms with Crippen molar-refractivity contribution >= 4 is 0 Å². The van der Waals surface area contributed by atoms with E-state index in [1.807, 2.05) is 18.0 Å². The molecule has 4 rings (SSSR count). The minimum Gasteiger partial charge on any atom is -0.494 e. The molecule has 1 aromatic carbocycles. The van der Waals surface area contributed by atoms with Crippen LogP contribution in [0.15, 0.2) is 28.3 Å². The molecule has 3 heterocycles. The zero-order valence-electron chi connectivity index (χ0n) is 15.7. The number of benzene rings is 1. The molecule has 2 aliphatic heterocycles. The van der Waals surface area contributed by atoms with E-state index in [1.165, 1.54) is 13.2 Å². The molecule has 148 valence electrons. The van der Waals surface area contributed by atoms with Crippen LogP contribution in [0.2, 0.25) is 0 Å². The van der Waals surface area contributed by atoms with Gasteiger partial charge in [0.2, 0.25) is 18.4 Å². The van der Waals surface area contributed by atoms with Crippen LogP contribution in [0.4, 0.5) is 0 Å². The molecule has 0 fully saturated rings. The number of allylic oxidation sites excluding steroid dienone is 1. The van der Waals surface area contributed by atoms with Gasteiger partial charge in [-0.25, -0.2) is 4.79 Å². The van der Waals surface area contributed by atoms with Crippen LogP contribution < -0.4 is 25.5 Å². The van der Waals surface area contributed by atoms with Crippen molar-refractivity contribution in [2.24, 2.45) is 0 Å². The number of ether oxygens (including phenoxy) is 3. The Hall–Kier alpha value is -3.20. The number of aromatic amines is 1. The third-order valence-corrected chi connectivity index (χ3v) is 5.19. The Morgan fingerprint density at radius 2 is 2.18 bits per heavy atom. The maximum Gasteiger partial charge on any atom is 0.331 e. The zero-order chi connectivity index (χ0) is 20.0. The first kappa shape index (κ1) is 18.2. The van der Waals surface area contributed by atoms with Crippen molar-refractivity contribution in [3.05, 3.63) is 56.2 Å². The molecule has 0 unspecified atom stereocenters. The number of hydrogen-bond acceptors (Lipinski definition) is 7. The van der Waals surface area contributed by atoms with Crippen molar-refractivity contribution in [1.29, 1.82) is 0 Å². The summed E-state index contributed by atoms with van der Waals surface area (Å²) in [6.07, 6.45) is 2.18. The maximum absolute atomic E-state index is 12.7. The molecule has 9 nitrogen and oxygen atoms in total. The number of fused-ring (bicyclic) bond motifs is 2. The van der Waals surface area contributed by atoms with Gasteiger partial charge in [-0.3, -0.25) is 19.2 Å². The molecular formula is C19H21N3O6. The quantitative estimate of drug-likeness (QED) is 0.746. The second-order valence-electron chi connectivity index (χ2n) is 6.75. The summed E-state index contributed by atoms with van der Waals surface area (Å²) < 4.78 is 17.8. The third-order valence-electron chi connectivity index (χ3n) is 5.19. The Morgan fingerprint density at radius 3 is 2.89 bits per heavy atom. The SMILES string of the molecule is C=CCn1c(O)c([C@H]2c3c(cc4c(c3OC)OCO4)CCN2C)c(=O)[nH]c1=O. The van der Waals surface area contributed by atoms with Crippen LogP contribution in [0.25, 0.3) is 0 Å². The second kappa shape index (κ2) is 6.75. The molecule has 0 saturated carbocycles. The lowest BCUT2D eigenvalue weighted by molar-refractivity contribution is 0.170. The van der Waals surface area contributed by atoms with Crippen LogP contribution in [0.3, 0.4) is 0 Å². The summed E-state index contributed by atoms with van der Waals surface area (Å²) in [4.78, 5) is 29.1. The number of rotatable bonds is 4. The van der Waals surface area contributed by atoms with Gasteiger partial charge in [-0.15, -0.1) is 6.58 Å². The van der Waals surface area contributed by atoms with Crippen LogP contribution in [0.1, 0.15) is 22.7 Å². The van der Waals surface area contributed by atoms with E-state index in [9.17, 15) is 14.7 Å². The van der Waals surface area contributed by atoms with Gasteiger partial charge in [0.1, 0.15) is 0 Å². The predicted molar refractivity (Wildman–Crippen MR) is 100 cm³/mol. The minimum atomic E-state index is -0.692. The molecule has 1 atom stereocenters. The fraction of sp³-hybridized carbons (Fsp3) is 0.368.